The van der Waals surface area contributed by atoms with Crippen molar-refractivity contribution in [3.63, 3.8) is 0 Å². The number of rotatable bonds is 3. The molecule has 2 aromatic rings. The van der Waals surface area contributed by atoms with Crippen molar-refractivity contribution < 1.29 is 8.42 Å². The Hall–Kier alpha value is -1.59. The minimum Gasteiger partial charge on any atom is -0.399 e. The predicted octanol–water partition coefficient (Wildman–Crippen LogP) is 3.13. The van der Waals surface area contributed by atoms with E-state index in [0.717, 1.165) is 5.39 Å². The van der Waals surface area contributed by atoms with Gasteiger partial charge in [0.05, 0.1) is 4.90 Å². The molecule has 0 aliphatic heterocycles. The molecule has 0 amide bonds. The molecule has 0 spiro atoms. The fourth-order valence-electron chi connectivity index (χ4n) is 1.98. The van der Waals surface area contributed by atoms with Crippen LogP contribution in [0.2, 0.25) is 0 Å². The van der Waals surface area contributed by atoms with Gasteiger partial charge in [-0.05, 0) is 35.9 Å². The zero-order valence-corrected chi connectivity index (χ0v) is 13.7. The second kappa shape index (κ2) is 5.31. The third kappa shape index (κ3) is 3.36. The molecule has 0 radical (unpaired) electrons. The molecular weight excluding hydrogens is 284 g/mol. The highest BCUT2D eigenvalue weighted by molar-refractivity contribution is 7.89. The summed E-state index contributed by atoms with van der Waals surface area (Å²) in [4.78, 5) is 0.288. The zero-order valence-electron chi connectivity index (χ0n) is 12.8. The van der Waals surface area contributed by atoms with Crippen molar-refractivity contribution in [1.82, 2.24) is 4.72 Å². The maximum atomic E-state index is 12.6. The number of nitrogens with one attached hydrogen (secondary N) is 1. The first-order valence-electron chi connectivity index (χ1n) is 6.92. The molecule has 114 valence electrons. The van der Waals surface area contributed by atoms with Gasteiger partial charge in [-0.3, -0.25) is 0 Å². The van der Waals surface area contributed by atoms with E-state index in [2.05, 4.69) is 4.72 Å². The summed E-state index contributed by atoms with van der Waals surface area (Å²) in [5, 5.41) is 1.50. The first-order valence-corrected chi connectivity index (χ1v) is 8.40. The highest BCUT2D eigenvalue weighted by atomic mass is 32.2. The van der Waals surface area contributed by atoms with E-state index in [1.165, 1.54) is 0 Å². The largest absolute Gasteiger partial charge is 0.399 e. The lowest BCUT2D eigenvalue weighted by Gasteiger charge is -2.28. The Morgan fingerprint density at radius 2 is 1.81 bits per heavy atom. The molecule has 2 rings (SSSR count). The Kier molecular flexibility index (Phi) is 4.00. The number of hydrogen-bond donors (Lipinski definition) is 2. The summed E-state index contributed by atoms with van der Waals surface area (Å²) in [5.74, 6) is 0. The Balaban J connectivity index is 2.51. The van der Waals surface area contributed by atoms with Crippen LogP contribution in [-0.4, -0.2) is 14.5 Å². The van der Waals surface area contributed by atoms with Crippen LogP contribution in [0, 0.1) is 5.41 Å². The van der Waals surface area contributed by atoms with E-state index in [0.29, 0.717) is 11.1 Å². The lowest BCUT2D eigenvalue weighted by atomic mass is 9.89. The van der Waals surface area contributed by atoms with E-state index in [9.17, 15) is 8.42 Å². The summed E-state index contributed by atoms with van der Waals surface area (Å²) >= 11 is 0. The normalized spacial score (nSPS) is 14.3. The van der Waals surface area contributed by atoms with Gasteiger partial charge in [-0.1, -0.05) is 39.0 Å². The molecule has 2 aromatic carbocycles. The van der Waals surface area contributed by atoms with Crippen molar-refractivity contribution in [3.05, 3.63) is 36.4 Å². The van der Waals surface area contributed by atoms with E-state index in [4.69, 9.17) is 5.73 Å². The molecule has 1 unspecified atom stereocenters. The van der Waals surface area contributed by atoms with Gasteiger partial charge in [0.2, 0.25) is 10.0 Å². The topological polar surface area (TPSA) is 72.2 Å². The van der Waals surface area contributed by atoms with Crippen molar-refractivity contribution in [2.24, 2.45) is 5.41 Å². The number of sulfonamides is 1. The van der Waals surface area contributed by atoms with Crippen molar-refractivity contribution in [2.75, 3.05) is 5.73 Å². The number of fused-ring (bicyclic) bond motifs is 1. The van der Waals surface area contributed by atoms with Gasteiger partial charge in [0.1, 0.15) is 0 Å². The van der Waals surface area contributed by atoms with Crippen molar-refractivity contribution >= 4 is 26.5 Å². The van der Waals surface area contributed by atoms with E-state index in [1.54, 1.807) is 30.3 Å². The van der Waals surface area contributed by atoms with Crippen LogP contribution in [0.4, 0.5) is 5.69 Å². The van der Waals surface area contributed by atoms with Gasteiger partial charge in [-0.15, -0.1) is 0 Å². The molecule has 5 heteroatoms. The monoisotopic (exact) mass is 306 g/mol. The zero-order chi connectivity index (χ0) is 15.8. The summed E-state index contributed by atoms with van der Waals surface area (Å²) in [6.45, 7) is 7.89. The molecule has 1 atom stereocenters. The smallest absolute Gasteiger partial charge is 0.241 e. The second-order valence-corrected chi connectivity index (χ2v) is 8.13. The summed E-state index contributed by atoms with van der Waals surface area (Å²) in [5.41, 5.74) is 6.22. The minimum absolute atomic E-state index is 0.151. The van der Waals surface area contributed by atoms with Crippen molar-refractivity contribution in [3.8, 4) is 0 Å². The third-order valence-corrected chi connectivity index (χ3v) is 5.38. The van der Waals surface area contributed by atoms with Gasteiger partial charge >= 0.3 is 0 Å². The number of hydrogen-bond acceptors (Lipinski definition) is 3. The Labute approximate surface area is 126 Å². The highest BCUT2D eigenvalue weighted by Gasteiger charge is 2.26. The van der Waals surface area contributed by atoms with Gasteiger partial charge in [0.15, 0.2) is 0 Å². The fraction of sp³-hybridized carbons (Fsp3) is 0.375. The summed E-state index contributed by atoms with van der Waals surface area (Å²) in [6.07, 6.45) is 0. The number of benzene rings is 2. The van der Waals surface area contributed by atoms with Crippen LogP contribution < -0.4 is 10.5 Å². The molecule has 0 bridgehead atoms. The Morgan fingerprint density at radius 3 is 2.43 bits per heavy atom. The van der Waals surface area contributed by atoms with E-state index < -0.39 is 10.0 Å². The molecule has 0 aliphatic rings. The quantitative estimate of drug-likeness (QED) is 0.856. The lowest BCUT2D eigenvalue weighted by Crippen LogP contribution is -2.41. The molecule has 3 N–H and O–H groups in total. The second-order valence-electron chi connectivity index (χ2n) is 6.45. The lowest BCUT2D eigenvalue weighted by molar-refractivity contribution is 0.318. The summed E-state index contributed by atoms with van der Waals surface area (Å²) < 4.78 is 28.1. The average Bonchev–Trinajstić information content (AvgIpc) is 2.36. The molecule has 4 nitrogen and oxygen atoms in total. The third-order valence-electron chi connectivity index (χ3n) is 3.78. The van der Waals surface area contributed by atoms with Crippen LogP contribution >= 0.6 is 0 Å². The van der Waals surface area contributed by atoms with Crippen LogP contribution in [0.5, 0.6) is 0 Å². The van der Waals surface area contributed by atoms with Gasteiger partial charge in [-0.2, -0.15) is 0 Å². The summed E-state index contributed by atoms with van der Waals surface area (Å²) in [7, 11) is -3.57. The maximum absolute atomic E-state index is 12.6. The fourth-order valence-corrected chi connectivity index (χ4v) is 3.66. The molecule has 0 aromatic heterocycles. The number of nitrogen functional groups attached to an aromatic ring is 1. The van der Waals surface area contributed by atoms with Crippen molar-refractivity contribution in [1.29, 1.82) is 0 Å². The molecule has 0 fully saturated rings. The maximum Gasteiger partial charge on any atom is 0.241 e. The van der Waals surface area contributed by atoms with E-state index in [-0.39, 0.29) is 16.4 Å². The van der Waals surface area contributed by atoms with Crippen LogP contribution in [0.25, 0.3) is 10.8 Å². The van der Waals surface area contributed by atoms with Crippen LogP contribution in [-0.2, 0) is 10.0 Å². The Morgan fingerprint density at radius 1 is 1.14 bits per heavy atom. The SMILES string of the molecule is CC(NS(=O)(=O)c1cccc2cc(N)ccc12)C(C)(C)C. The first kappa shape index (κ1) is 15.8. The van der Waals surface area contributed by atoms with E-state index in [1.807, 2.05) is 33.8 Å². The molecular formula is C16H22N2O2S. The summed E-state index contributed by atoms with van der Waals surface area (Å²) in [6, 6.07) is 10.3. The molecule has 0 heterocycles. The van der Waals surface area contributed by atoms with Gasteiger partial charge in [-0.25, -0.2) is 13.1 Å². The van der Waals surface area contributed by atoms with Crippen molar-refractivity contribution in [2.45, 2.75) is 38.6 Å². The standard InChI is InChI=1S/C16H22N2O2S/c1-11(16(2,3)4)18-21(19,20)15-7-5-6-12-10-13(17)8-9-14(12)15/h5-11,18H,17H2,1-4H3. The average molecular weight is 306 g/mol. The number of anilines is 1. The van der Waals surface area contributed by atoms with Crippen LogP contribution in [0.15, 0.2) is 41.3 Å². The molecule has 0 saturated carbocycles. The van der Waals surface area contributed by atoms with Gasteiger partial charge in [0, 0.05) is 17.1 Å². The molecule has 0 aliphatic carbocycles. The Bertz CT molecular complexity index is 761. The first-order chi connectivity index (χ1) is 9.61. The van der Waals surface area contributed by atoms with Crippen LogP contribution in [0.1, 0.15) is 27.7 Å². The predicted molar refractivity (Wildman–Crippen MR) is 87.6 cm³/mol. The van der Waals surface area contributed by atoms with Gasteiger partial charge in [0.25, 0.3) is 0 Å². The van der Waals surface area contributed by atoms with E-state index >= 15 is 0 Å². The highest BCUT2D eigenvalue weighted by Crippen LogP contribution is 2.26. The number of nitrogens with two attached hydrogens (primary N) is 1. The molecule has 0 saturated heterocycles. The van der Waals surface area contributed by atoms with Crippen LogP contribution in [0.3, 0.4) is 0 Å². The molecule has 21 heavy (non-hydrogen) atoms. The van der Waals surface area contributed by atoms with Gasteiger partial charge < -0.3 is 5.73 Å². The minimum atomic E-state index is -3.57.